The predicted molar refractivity (Wildman–Crippen MR) is 67.3 cm³/mol. The monoisotopic (exact) mass is 212 g/mol. The second-order valence-electron chi connectivity index (χ2n) is 5.47. The van der Waals surface area contributed by atoms with Crippen molar-refractivity contribution in [2.45, 2.75) is 65.0 Å². The lowest BCUT2D eigenvalue weighted by Crippen LogP contribution is -2.63. The summed E-state index contributed by atoms with van der Waals surface area (Å²) >= 11 is 0. The molecule has 0 aromatic rings. The lowest BCUT2D eigenvalue weighted by molar-refractivity contribution is 0.0340. The summed E-state index contributed by atoms with van der Waals surface area (Å²) in [6, 6.07) is 0. The first-order valence-electron chi connectivity index (χ1n) is 6.50. The molecule has 1 atom stereocenters. The van der Waals surface area contributed by atoms with Gasteiger partial charge in [0.15, 0.2) is 0 Å². The molecule has 0 amide bonds. The molecule has 0 saturated carbocycles. The van der Waals surface area contributed by atoms with Crippen LogP contribution >= 0.6 is 0 Å². The molecule has 0 bridgehead atoms. The van der Waals surface area contributed by atoms with E-state index in [1.54, 1.807) is 0 Å². The summed E-state index contributed by atoms with van der Waals surface area (Å²) in [6.07, 6.45) is 3.72. The van der Waals surface area contributed by atoms with Crippen LogP contribution in [0.4, 0.5) is 0 Å². The second-order valence-corrected chi connectivity index (χ2v) is 5.47. The molecule has 15 heavy (non-hydrogen) atoms. The molecule has 1 unspecified atom stereocenters. The third kappa shape index (κ3) is 2.73. The molecule has 90 valence electrons. The van der Waals surface area contributed by atoms with Crippen molar-refractivity contribution in [3.05, 3.63) is 0 Å². The molecule has 0 aromatic carbocycles. The fourth-order valence-corrected chi connectivity index (χ4v) is 2.44. The van der Waals surface area contributed by atoms with E-state index in [9.17, 15) is 0 Å². The van der Waals surface area contributed by atoms with E-state index < -0.39 is 0 Å². The van der Waals surface area contributed by atoms with E-state index in [0.717, 1.165) is 6.54 Å². The summed E-state index contributed by atoms with van der Waals surface area (Å²) < 4.78 is 0. The van der Waals surface area contributed by atoms with Gasteiger partial charge >= 0.3 is 0 Å². The Balaban J connectivity index is 2.70. The van der Waals surface area contributed by atoms with Gasteiger partial charge in [-0.2, -0.15) is 0 Å². The Bertz CT molecular complexity index is 199. The number of nitrogens with one attached hydrogen (secondary N) is 1. The smallest absolute Gasteiger partial charge is 0.0278 e. The predicted octanol–water partition coefficient (Wildman–Crippen LogP) is 2.64. The summed E-state index contributed by atoms with van der Waals surface area (Å²) in [6.45, 7) is 15.2. The van der Waals surface area contributed by atoms with Crippen molar-refractivity contribution < 1.29 is 0 Å². The maximum Gasteiger partial charge on any atom is 0.0278 e. The molecule has 0 radical (unpaired) electrons. The van der Waals surface area contributed by atoms with Gasteiger partial charge in [-0.1, -0.05) is 20.8 Å². The quantitative estimate of drug-likeness (QED) is 0.770. The van der Waals surface area contributed by atoms with Crippen LogP contribution in [0.2, 0.25) is 0 Å². The van der Waals surface area contributed by atoms with Gasteiger partial charge in [0, 0.05) is 30.7 Å². The van der Waals surface area contributed by atoms with Crippen molar-refractivity contribution in [3.63, 3.8) is 0 Å². The Morgan fingerprint density at radius 3 is 2.33 bits per heavy atom. The summed E-state index contributed by atoms with van der Waals surface area (Å²) in [5.41, 5.74) is 0.725. The van der Waals surface area contributed by atoms with E-state index in [4.69, 9.17) is 0 Å². The van der Waals surface area contributed by atoms with Crippen LogP contribution in [0, 0.1) is 0 Å². The highest BCUT2D eigenvalue weighted by molar-refractivity contribution is 4.95. The summed E-state index contributed by atoms with van der Waals surface area (Å²) in [4.78, 5) is 2.69. The fraction of sp³-hybridized carbons (Fsp3) is 1.00. The van der Waals surface area contributed by atoms with Crippen LogP contribution < -0.4 is 5.32 Å². The molecule has 1 aliphatic heterocycles. The molecule has 1 rings (SSSR count). The molecule has 1 saturated heterocycles. The van der Waals surface area contributed by atoms with Crippen molar-refractivity contribution in [3.8, 4) is 0 Å². The molecular formula is C13H28N2. The Morgan fingerprint density at radius 1 is 1.27 bits per heavy atom. The number of rotatable bonds is 4. The highest BCUT2D eigenvalue weighted by Gasteiger charge is 2.36. The first-order chi connectivity index (χ1) is 6.99. The van der Waals surface area contributed by atoms with Gasteiger partial charge in [-0.25, -0.2) is 0 Å². The van der Waals surface area contributed by atoms with Crippen molar-refractivity contribution in [1.29, 1.82) is 0 Å². The molecule has 1 fully saturated rings. The third-order valence-corrected chi connectivity index (χ3v) is 4.54. The molecule has 2 heteroatoms. The number of piperazine rings is 1. The van der Waals surface area contributed by atoms with Gasteiger partial charge < -0.3 is 5.32 Å². The minimum atomic E-state index is 0.323. The average molecular weight is 212 g/mol. The number of nitrogens with zero attached hydrogens (tertiary/aromatic N) is 1. The van der Waals surface area contributed by atoms with Crippen LogP contribution in [0.3, 0.4) is 0 Å². The lowest BCUT2D eigenvalue weighted by atomic mass is 9.87. The molecule has 0 aliphatic carbocycles. The van der Waals surface area contributed by atoms with Gasteiger partial charge in [0.25, 0.3) is 0 Å². The van der Waals surface area contributed by atoms with Crippen LogP contribution in [-0.2, 0) is 0 Å². The van der Waals surface area contributed by atoms with Crippen molar-refractivity contribution >= 4 is 0 Å². The van der Waals surface area contributed by atoms with Gasteiger partial charge in [-0.3, -0.25) is 4.90 Å². The van der Waals surface area contributed by atoms with Crippen LogP contribution in [0.1, 0.15) is 53.9 Å². The SMILES string of the molecule is CCC1(C)CN(C(C)(CC)CC)CCN1. The molecule has 0 spiro atoms. The van der Waals surface area contributed by atoms with E-state index in [1.807, 2.05) is 0 Å². The van der Waals surface area contributed by atoms with E-state index in [0.29, 0.717) is 11.1 Å². The maximum atomic E-state index is 3.65. The zero-order valence-corrected chi connectivity index (χ0v) is 11.2. The first kappa shape index (κ1) is 13.0. The van der Waals surface area contributed by atoms with Crippen molar-refractivity contribution in [1.82, 2.24) is 10.2 Å². The Kier molecular flexibility index (Phi) is 4.19. The second kappa shape index (κ2) is 4.84. The zero-order chi connectivity index (χ0) is 11.5. The Hall–Kier alpha value is -0.0800. The Morgan fingerprint density at radius 2 is 1.87 bits per heavy atom. The normalized spacial score (nSPS) is 29.4. The van der Waals surface area contributed by atoms with Gasteiger partial charge in [0.2, 0.25) is 0 Å². The highest BCUT2D eigenvalue weighted by Crippen LogP contribution is 2.27. The van der Waals surface area contributed by atoms with E-state index in [1.165, 1.54) is 32.4 Å². The molecule has 1 heterocycles. The summed E-state index contributed by atoms with van der Waals surface area (Å²) in [7, 11) is 0. The summed E-state index contributed by atoms with van der Waals surface area (Å²) in [5.74, 6) is 0. The van der Waals surface area contributed by atoms with Crippen molar-refractivity contribution in [2.24, 2.45) is 0 Å². The van der Waals surface area contributed by atoms with Crippen LogP contribution in [0.5, 0.6) is 0 Å². The van der Waals surface area contributed by atoms with E-state index >= 15 is 0 Å². The van der Waals surface area contributed by atoms with Crippen molar-refractivity contribution in [2.75, 3.05) is 19.6 Å². The maximum absolute atomic E-state index is 3.65. The Labute approximate surface area is 95.4 Å². The first-order valence-corrected chi connectivity index (χ1v) is 6.50. The molecule has 2 nitrogen and oxygen atoms in total. The average Bonchev–Trinajstić information content (AvgIpc) is 2.28. The standard InChI is InChI=1S/C13H28N2/c1-6-12(4)11-15(10-9-14-12)13(5,7-2)8-3/h14H,6-11H2,1-5H3. The summed E-state index contributed by atoms with van der Waals surface area (Å²) in [5, 5.41) is 3.65. The van der Waals surface area contributed by atoms with Crippen LogP contribution in [0.25, 0.3) is 0 Å². The molecule has 0 aromatic heterocycles. The molecular weight excluding hydrogens is 184 g/mol. The number of hydrogen-bond acceptors (Lipinski definition) is 2. The third-order valence-electron chi connectivity index (χ3n) is 4.54. The zero-order valence-electron chi connectivity index (χ0n) is 11.2. The van der Waals surface area contributed by atoms with Gasteiger partial charge in [0.1, 0.15) is 0 Å². The largest absolute Gasteiger partial charge is 0.309 e. The number of hydrogen-bond donors (Lipinski definition) is 1. The van der Waals surface area contributed by atoms with Crippen LogP contribution in [-0.4, -0.2) is 35.6 Å². The highest BCUT2D eigenvalue weighted by atomic mass is 15.3. The minimum absolute atomic E-state index is 0.323. The van der Waals surface area contributed by atoms with Gasteiger partial charge in [-0.05, 0) is 33.1 Å². The van der Waals surface area contributed by atoms with E-state index in [-0.39, 0.29) is 0 Å². The van der Waals surface area contributed by atoms with Gasteiger partial charge in [-0.15, -0.1) is 0 Å². The van der Waals surface area contributed by atoms with Gasteiger partial charge in [0.05, 0.1) is 0 Å². The van der Waals surface area contributed by atoms with Crippen LogP contribution in [0.15, 0.2) is 0 Å². The topological polar surface area (TPSA) is 15.3 Å². The molecule has 1 N–H and O–H groups in total. The fourth-order valence-electron chi connectivity index (χ4n) is 2.44. The minimum Gasteiger partial charge on any atom is -0.309 e. The molecule has 1 aliphatic rings. The van der Waals surface area contributed by atoms with E-state index in [2.05, 4.69) is 44.8 Å². The lowest BCUT2D eigenvalue weighted by Gasteiger charge is -2.49.